The van der Waals surface area contributed by atoms with Crippen molar-refractivity contribution in [3.05, 3.63) is 29.8 Å². The van der Waals surface area contributed by atoms with E-state index in [9.17, 15) is 9.18 Å². The first kappa shape index (κ1) is 12.4. The van der Waals surface area contributed by atoms with Gasteiger partial charge in [0.05, 0.1) is 6.20 Å². The zero-order chi connectivity index (χ0) is 13.0. The van der Waals surface area contributed by atoms with Crippen molar-refractivity contribution in [1.29, 1.82) is 0 Å². The Labute approximate surface area is 105 Å². The van der Waals surface area contributed by atoms with Crippen LogP contribution in [0.15, 0.2) is 23.6 Å². The van der Waals surface area contributed by atoms with E-state index in [1.54, 1.807) is 0 Å². The van der Waals surface area contributed by atoms with E-state index in [-0.39, 0.29) is 6.54 Å². The summed E-state index contributed by atoms with van der Waals surface area (Å²) in [6, 6.07) is 1.35. The lowest BCUT2D eigenvalue weighted by Crippen LogP contribution is -2.11. The number of hydrogen-bond acceptors (Lipinski definition) is 6. The number of pyridine rings is 1. The Bertz CT molecular complexity index is 561. The molecule has 0 aliphatic rings. The summed E-state index contributed by atoms with van der Waals surface area (Å²) in [4.78, 5) is 14.3. The molecule has 7 nitrogen and oxygen atoms in total. The molecule has 18 heavy (non-hydrogen) atoms. The first-order valence-electron chi connectivity index (χ1n) is 4.85. The molecule has 2 aromatic rings. The van der Waals surface area contributed by atoms with Gasteiger partial charge in [0.15, 0.2) is 0 Å². The summed E-state index contributed by atoms with van der Waals surface area (Å²) in [5.41, 5.74) is 0.671. The van der Waals surface area contributed by atoms with E-state index in [1.807, 2.05) is 0 Å². The second kappa shape index (κ2) is 5.54. The topological polar surface area (TPSA) is 93.8 Å². The maximum atomic E-state index is 12.9. The van der Waals surface area contributed by atoms with E-state index < -0.39 is 11.8 Å². The normalized spacial score (nSPS) is 10.5. The first-order valence-corrected chi connectivity index (χ1v) is 5.84. The minimum Gasteiger partial charge on any atom is -0.480 e. The van der Waals surface area contributed by atoms with Crippen molar-refractivity contribution in [3.8, 4) is 0 Å². The summed E-state index contributed by atoms with van der Waals surface area (Å²) in [5.74, 6) is -1.04. The lowest BCUT2D eigenvalue weighted by atomic mass is 10.3. The van der Waals surface area contributed by atoms with Crippen LogP contribution >= 0.6 is 11.8 Å². The second-order valence-electron chi connectivity index (χ2n) is 3.31. The van der Waals surface area contributed by atoms with Crippen molar-refractivity contribution in [1.82, 2.24) is 25.2 Å². The van der Waals surface area contributed by atoms with Gasteiger partial charge in [0, 0.05) is 11.9 Å². The molecule has 0 saturated heterocycles. The predicted molar refractivity (Wildman–Crippen MR) is 59.2 cm³/mol. The van der Waals surface area contributed by atoms with E-state index in [0.29, 0.717) is 16.5 Å². The fraction of sp³-hybridized carbons (Fsp3) is 0.222. The minimum absolute atomic E-state index is 0.309. The summed E-state index contributed by atoms with van der Waals surface area (Å²) < 4.78 is 14.1. The molecule has 0 saturated carbocycles. The zero-order valence-electron chi connectivity index (χ0n) is 9.02. The molecule has 0 radical (unpaired) electrons. The molecule has 0 fully saturated rings. The molecular weight excluding hydrogens is 261 g/mol. The molecule has 0 bridgehead atoms. The monoisotopic (exact) mass is 269 g/mol. The molecule has 0 aromatic carbocycles. The number of thioether (sulfide) groups is 1. The van der Waals surface area contributed by atoms with Crippen LogP contribution < -0.4 is 0 Å². The van der Waals surface area contributed by atoms with Crippen LogP contribution in [0.3, 0.4) is 0 Å². The summed E-state index contributed by atoms with van der Waals surface area (Å²) >= 11 is 1.21. The van der Waals surface area contributed by atoms with Crippen molar-refractivity contribution in [3.63, 3.8) is 0 Å². The van der Waals surface area contributed by atoms with Crippen molar-refractivity contribution in [2.45, 2.75) is 17.5 Å². The third kappa shape index (κ3) is 3.23. The molecule has 2 rings (SSSR count). The SMILES string of the molecule is O=C(O)Cn1nnnc1SCc1cncc(F)c1. The van der Waals surface area contributed by atoms with E-state index in [0.717, 1.165) is 6.20 Å². The molecule has 0 amide bonds. The highest BCUT2D eigenvalue weighted by atomic mass is 32.2. The number of carbonyl (C=O) groups is 1. The predicted octanol–water partition coefficient (Wildman–Crippen LogP) is 0.584. The van der Waals surface area contributed by atoms with Crippen molar-refractivity contribution >= 4 is 17.7 Å². The van der Waals surface area contributed by atoms with Crippen molar-refractivity contribution in [2.24, 2.45) is 0 Å². The second-order valence-corrected chi connectivity index (χ2v) is 4.26. The lowest BCUT2D eigenvalue weighted by Gasteiger charge is -2.01. The van der Waals surface area contributed by atoms with Gasteiger partial charge >= 0.3 is 5.97 Å². The number of halogens is 1. The van der Waals surface area contributed by atoms with E-state index in [1.165, 1.54) is 28.7 Å². The molecule has 2 heterocycles. The summed E-state index contributed by atoms with van der Waals surface area (Å²) in [5, 5.41) is 19.6. The molecular formula is C9H8FN5O2S. The van der Waals surface area contributed by atoms with Gasteiger partial charge in [-0.1, -0.05) is 11.8 Å². The van der Waals surface area contributed by atoms with Gasteiger partial charge in [0.25, 0.3) is 0 Å². The number of carboxylic acid groups (broad SMARTS) is 1. The van der Waals surface area contributed by atoms with Crippen LogP contribution in [0.2, 0.25) is 0 Å². The molecule has 1 N–H and O–H groups in total. The van der Waals surface area contributed by atoms with Gasteiger partial charge in [-0.2, -0.15) is 0 Å². The number of carboxylic acids is 1. The van der Waals surface area contributed by atoms with E-state index in [4.69, 9.17) is 5.11 Å². The van der Waals surface area contributed by atoms with Gasteiger partial charge < -0.3 is 5.11 Å². The Morgan fingerprint density at radius 3 is 3.06 bits per heavy atom. The summed E-state index contributed by atoms with van der Waals surface area (Å²) in [7, 11) is 0. The third-order valence-corrected chi connectivity index (χ3v) is 2.94. The Morgan fingerprint density at radius 2 is 2.33 bits per heavy atom. The quantitative estimate of drug-likeness (QED) is 0.793. The summed E-state index contributed by atoms with van der Waals surface area (Å²) in [6.45, 7) is -0.309. The van der Waals surface area contributed by atoms with Crippen LogP contribution in [0.4, 0.5) is 4.39 Å². The maximum Gasteiger partial charge on any atom is 0.325 e. The van der Waals surface area contributed by atoms with E-state index >= 15 is 0 Å². The number of hydrogen-bond donors (Lipinski definition) is 1. The fourth-order valence-corrected chi connectivity index (χ4v) is 2.01. The number of tetrazole rings is 1. The average Bonchev–Trinajstić information content (AvgIpc) is 2.73. The molecule has 0 aliphatic carbocycles. The smallest absolute Gasteiger partial charge is 0.325 e. The Morgan fingerprint density at radius 1 is 1.50 bits per heavy atom. The van der Waals surface area contributed by atoms with Gasteiger partial charge in [-0.3, -0.25) is 9.78 Å². The first-order chi connectivity index (χ1) is 8.65. The van der Waals surface area contributed by atoms with Crippen molar-refractivity contribution < 1.29 is 14.3 Å². The van der Waals surface area contributed by atoms with Crippen LogP contribution in [0.25, 0.3) is 0 Å². The molecule has 0 atom stereocenters. The Balaban J connectivity index is 2.02. The average molecular weight is 269 g/mol. The number of nitrogens with zero attached hydrogens (tertiary/aromatic N) is 5. The third-order valence-electron chi connectivity index (χ3n) is 1.91. The van der Waals surface area contributed by atoms with Gasteiger partial charge in [-0.15, -0.1) is 5.10 Å². The molecule has 2 aromatic heterocycles. The van der Waals surface area contributed by atoms with Crippen LogP contribution in [0.5, 0.6) is 0 Å². The number of aliphatic carboxylic acids is 1. The van der Waals surface area contributed by atoms with Gasteiger partial charge in [0.2, 0.25) is 5.16 Å². The Hall–Kier alpha value is -2.03. The van der Waals surface area contributed by atoms with E-state index in [2.05, 4.69) is 20.5 Å². The van der Waals surface area contributed by atoms with Gasteiger partial charge in [0.1, 0.15) is 12.4 Å². The van der Waals surface area contributed by atoms with Crippen LogP contribution in [0, 0.1) is 5.82 Å². The fourth-order valence-electron chi connectivity index (χ4n) is 1.21. The minimum atomic E-state index is -1.03. The molecule has 0 unspecified atom stereocenters. The van der Waals surface area contributed by atoms with Crippen LogP contribution in [-0.2, 0) is 17.1 Å². The number of rotatable bonds is 5. The van der Waals surface area contributed by atoms with Gasteiger partial charge in [-0.05, 0) is 22.1 Å². The van der Waals surface area contributed by atoms with Gasteiger partial charge in [-0.25, -0.2) is 9.07 Å². The van der Waals surface area contributed by atoms with Crippen molar-refractivity contribution in [2.75, 3.05) is 0 Å². The zero-order valence-corrected chi connectivity index (χ0v) is 9.84. The molecule has 9 heteroatoms. The van der Waals surface area contributed by atoms with Crippen LogP contribution in [0.1, 0.15) is 5.56 Å². The lowest BCUT2D eigenvalue weighted by molar-refractivity contribution is -0.138. The van der Waals surface area contributed by atoms with Crippen LogP contribution in [-0.4, -0.2) is 36.3 Å². The number of aromatic nitrogens is 5. The Kier molecular flexibility index (Phi) is 3.82. The molecule has 0 spiro atoms. The summed E-state index contributed by atoms with van der Waals surface area (Å²) in [6.07, 6.45) is 2.64. The molecule has 0 aliphatic heterocycles. The standard InChI is InChI=1S/C9H8FN5O2S/c10-7-1-6(2-11-3-7)5-18-9-12-13-14-15(9)4-8(16)17/h1-3H,4-5H2,(H,16,17). The highest BCUT2D eigenvalue weighted by Gasteiger charge is 2.10. The largest absolute Gasteiger partial charge is 0.480 e. The highest BCUT2D eigenvalue weighted by molar-refractivity contribution is 7.98. The maximum absolute atomic E-state index is 12.9. The molecule has 94 valence electrons. The highest BCUT2D eigenvalue weighted by Crippen LogP contribution is 2.19.